The van der Waals surface area contributed by atoms with Crippen molar-refractivity contribution < 1.29 is 9.32 Å². The highest BCUT2D eigenvalue weighted by molar-refractivity contribution is 5.81. The van der Waals surface area contributed by atoms with Crippen molar-refractivity contribution in [2.75, 3.05) is 19.6 Å². The maximum atomic E-state index is 12.8. The molecule has 0 aromatic carbocycles. The predicted molar refractivity (Wildman–Crippen MR) is 101 cm³/mol. The summed E-state index contributed by atoms with van der Waals surface area (Å²) in [5.41, 5.74) is 2.28. The Balaban J connectivity index is 1.37. The van der Waals surface area contributed by atoms with Gasteiger partial charge in [0.05, 0.1) is 5.69 Å². The first-order valence-corrected chi connectivity index (χ1v) is 10.6. The van der Waals surface area contributed by atoms with Crippen molar-refractivity contribution in [2.24, 2.45) is 11.8 Å². The van der Waals surface area contributed by atoms with E-state index in [1.54, 1.807) is 0 Å². The van der Waals surface area contributed by atoms with Gasteiger partial charge in [0.1, 0.15) is 5.76 Å². The van der Waals surface area contributed by atoms with E-state index in [1.807, 2.05) is 13.8 Å². The third kappa shape index (κ3) is 3.83. The van der Waals surface area contributed by atoms with Crippen LogP contribution in [0.3, 0.4) is 0 Å². The summed E-state index contributed by atoms with van der Waals surface area (Å²) in [5, 5.41) is 4.09. The van der Waals surface area contributed by atoms with E-state index in [-0.39, 0.29) is 0 Å². The van der Waals surface area contributed by atoms with Gasteiger partial charge in [-0.1, -0.05) is 18.0 Å². The molecule has 4 rings (SSSR count). The Morgan fingerprint density at radius 1 is 1.04 bits per heavy atom. The normalized spacial score (nSPS) is 26.1. The topological polar surface area (TPSA) is 49.6 Å². The number of carbonyl (C=O) groups excluding carboxylic acids is 1. The van der Waals surface area contributed by atoms with Gasteiger partial charge in [-0.15, -0.1) is 0 Å². The zero-order valence-corrected chi connectivity index (χ0v) is 16.4. The zero-order chi connectivity index (χ0) is 18.1. The van der Waals surface area contributed by atoms with Crippen LogP contribution in [0.25, 0.3) is 0 Å². The van der Waals surface area contributed by atoms with Crippen LogP contribution in [-0.2, 0) is 11.3 Å². The second kappa shape index (κ2) is 7.71. The number of aryl methyl sites for hydroxylation is 2. The average molecular weight is 360 g/mol. The van der Waals surface area contributed by atoms with E-state index in [2.05, 4.69) is 15.0 Å². The summed E-state index contributed by atoms with van der Waals surface area (Å²) in [6, 6.07) is 0.492. The minimum absolute atomic E-state index is 0.357. The number of likely N-dealkylation sites (tertiary alicyclic amines) is 2. The number of nitrogens with zero attached hydrogens (tertiary/aromatic N) is 3. The van der Waals surface area contributed by atoms with Gasteiger partial charge >= 0.3 is 0 Å². The van der Waals surface area contributed by atoms with E-state index in [0.29, 0.717) is 23.8 Å². The number of rotatable bonds is 4. The van der Waals surface area contributed by atoms with Crippen LogP contribution in [0.15, 0.2) is 4.52 Å². The Bertz CT molecular complexity index is 610. The SMILES string of the molecule is Cc1noc(C)c1CN1CCC(C2CCCCCN2C(=O)C2CC2)CC1. The molecule has 5 nitrogen and oxygen atoms in total. The van der Waals surface area contributed by atoms with Crippen LogP contribution >= 0.6 is 0 Å². The number of hydrogen-bond acceptors (Lipinski definition) is 4. The molecular formula is C21H33N3O2. The summed E-state index contributed by atoms with van der Waals surface area (Å²) in [6.45, 7) is 8.23. The summed E-state index contributed by atoms with van der Waals surface area (Å²) >= 11 is 0. The molecule has 1 atom stereocenters. The Morgan fingerprint density at radius 3 is 2.46 bits per heavy atom. The first kappa shape index (κ1) is 18.0. The van der Waals surface area contributed by atoms with Crippen LogP contribution < -0.4 is 0 Å². The van der Waals surface area contributed by atoms with Crippen molar-refractivity contribution in [3.63, 3.8) is 0 Å². The van der Waals surface area contributed by atoms with Gasteiger partial charge in [0.15, 0.2) is 0 Å². The quantitative estimate of drug-likeness (QED) is 0.823. The number of piperidine rings is 1. The number of amides is 1. The minimum Gasteiger partial charge on any atom is -0.361 e. The summed E-state index contributed by atoms with van der Waals surface area (Å²) in [7, 11) is 0. The molecule has 5 heteroatoms. The highest BCUT2D eigenvalue weighted by atomic mass is 16.5. The molecule has 1 aromatic heterocycles. The Morgan fingerprint density at radius 2 is 1.81 bits per heavy atom. The molecular weight excluding hydrogens is 326 g/mol. The molecule has 1 amide bonds. The lowest BCUT2D eigenvalue weighted by atomic mass is 9.85. The molecule has 1 aliphatic carbocycles. The minimum atomic E-state index is 0.357. The molecule has 2 aliphatic heterocycles. The number of carbonyl (C=O) groups is 1. The van der Waals surface area contributed by atoms with Gasteiger partial charge in [0.2, 0.25) is 5.91 Å². The fourth-order valence-electron chi connectivity index (χ4n) is 4.91. The van der Waals surface area contributed by atoms with E-state index in [0.717, 1.165) is 50.5 Å². The monoisotopic (exact) mass is 359 g/mol. The molecule has 0 N–H and O–H groups in total. The molecule has 1 unspecified atom stereocenters. The molecule has 0 radical (unpaired) electrons. The lowest BCUT2D eigenvalue weighted by Gasteiger charge is -2.41. The highest BCUT2D eigenvalue weighted by Gasteiger charge is 2.39. The van der Waals surface area contributed by atoms with Crippen molar-refractivity contribution in [2.45, 2.75) is 77.8 Å². The van der Waals surface area contributed by atoms with Crippen molar-refractivity contribution in [3.8, 4) is 0 Å². The van der Waals surface area contributed by atoms with Crippen LogP contribution in [0.2, 0.25) is 0 Å². The summed E-state index contributed by atoms with van der Waals surface area (Å²) in [4.78, 5) is 17.7. The van der Waals surface area contributed by atoms with Crippen LogP contribution in [0.5, 0.6) is 0 Å². The van der Waals surface area contributed by atoms with Gasteiger partial charge < -0.3 is 9.42 Å². The largest absolute Gasteiger partial charge is 0.361 e. The predicted octanol–water partition coefficient (Wildman–Crippen LogP) is 3.68. The van der Waals surface area contributed by atoms with E-state index >= 15 is 0 Å². The molecule has 1 saturated carbocycles. The van der Waals surface area contributed by atoms with E-state index in [1.165, 1.54) is 44.1 Å². The summed E-state index contributed by atoms with van der Waals surface area (Å²) in [5.74, 6) is 2.46. The summed E-state index contributed by atoms with van der Waals surface area (Å²) < 4.78 is 5.31. The van der Waals surface area contributed by atoms with Crippen molar-refractivity contribution in [1.29, 1.82) is 0 Å². The molecule has 3 fully saturated rings. The molecule has 3 aliphatic rings. The van der Waals surface area contributed by atoms with Crippen LogP contribution in [0.1, 0.15) is 68.4 Å². The molecule has 144 valence electrons. The standard InChI is InChI=1S/C21H33N3O2/c1-15-19(16(2)26-22-15)14-23-12-9-17(10-13-23)20-6-4-3-5-11-24(20)21(25)18-7-8-18/h17-18,20H,3-14H2,1-2H3. The molecule has 0 spiro atoms. The third-order valence-corrected chi connectivity index (χ3v) is 6.75. The average Bonchev–Trinajstić information content (AvgIpc) is 3.47. The van der Waals surface area contributed by atoms with Gasteiger partial charge in [-0.05, 0) is 71.4 Å². The Labute approximate surface area is 157 Å². The van der Waals surface area contributed by atoms with Gasteiger partial charge in [-0.2, -0.15) is 0 Å². The fraction of sp³-hybridized carbons (Fsp3) is 0.810. The van der Waals surface area contributed by atoms with Crippen molar-refractivity contribution in [3.05, 3.63) is 17.0 Å². The van der Waals surface area contributed by atoms with Gasteiger partial charge in [-0.3, -0.25) is 9.69 Å². The second-order valence-corrected chi connectivity index (χ2v) is 8.64. The maximum Gasteiger partial charge on any atom is 0.225 e. The third-order valence-electron chi connectivity index (χ3n) is 6.75. The van der Waals surface area contributed by atoms with E-state index in [4.69, 9.17) is 4.52 Å². The number of aromatic nitrogens is 1. The lowest BCUT2D eigenvalue weighted by molar-refractivity contribution is -0.136. The smallest absolute Gasteiger partial charge is 0.225 e. The maximum absolute atomic E-state index is 12.8. The van der Waals surface area contributed by atoms with Gasteiger partial charge in [-0.25, -0.2) is 0 Å². The van der Waals surface area contributed by atoms with Crippen LogP contribution in [0.4, 0.5) is 0 Å². The summed E-state index contributed by atoms with van der Waals surface area (Å²) in [6.07, 6.45) is 9.65. The van der Waals surface area contributed by atoms with Crippen LogP contribution in [-0.4, -0.2) is 46.5 Å². The molecule has 1 aromatic rings. The molecule has 26 heavy (non-hydrogen) atoms. The van der Waals surface area contributed by atoms with Crippen LogP contribution in [0, 0.1) is 25.7 Å². The first-order chi connectivity index (χ1) is 12.6. The van der Waals surface area contributed by atoms with E-state index in [9.17, 15) is 4.79 Å². The number of hydrogen-bond donors (Lipinski definition) is 0. The Hall–Kier alpha value is -1.36. The molecule has 2 saturated heterocycles. The first-order valence-electron chi connectivity index (χ1n) is 10.6. The fourth-order valence-corrected chi connectivity index (χ4v) is 4.91. The Kier molecular flexibility index (Phi) is 5.35. The molecule has 3 heterocycles. The lowest BCUT2D eigenvalue weighted by Crippen LogP contribution is -2.48. The van der Waals surface area contributed by atoms with Gasteiger partial charge in [0.25, 0.3) is 0 Å². The van der Waals surface area contributed by atoms with Crippen molar-refractivity contribution >= 4 is 5.91 Å². The van der Waals surface area contributed by atoms with Crippen molar-refractivity contribution in [1.82, 2.24) is 15.0 Å². The molecule has 0 bridgehead atoms. The highest BCUT2D eigenvalue weighted by Crippen LogP contribution is 2.36. The van der Waals surface area contributed by atoms with Gasteiger partial charge in [0, 0.05) is 30.6 Å². The zero-order valence-electron chi connectivity index (χ0n) is 16.4. The van der Waals surface area contributed by atoms with E-state index < -0.39 is 0 Å². The second-order valence-electron chi connectivity index (χ2n) is 8.64.